The van der Waals surface area contributed by atoms with Crippen LogP contribution < -0.4 is 5.32 Å². The van der Waals surface area contributed by atoms with Crippen molar-refractivity contribution in [3.63, 3.8) is 0 Å². The van der Waals surface area contributed by atoms with Gasteiger partial charge in [0, 0.05) is 29.4 Å². The third-order valence-electron chi connectivity index (χ3n) is 6.77. The minimum atomic E-state index is -0.772. The summed E-state index contributed by atoms with van der Waals surface area (Å²) in [5.74, 6) is 0.101. The van der Waals surface area contributed by atoms with Crippen LogP contribution in [-0.2, 0) is 17.8 Å². The summed E-state index contributed by atoms with van der Waals surface area (Å²) in [7, 11) is 0. The number of hydrogen-bond acceptors (Lipinski definition) is 5. The average molecular weight is 461 g/mol. The predicted octanol–water partition coefficient (Wildman–Crippen LogP) is 4.26. The molecule has 0 unspecified atom stereocenters. The van der Waals surface area contributed by atoms with E-state index >= 15 is 0 Å². The Morgan fingerprint density at radius 2 is 1.94 bits per heavy atom. The summed E-state index contributed by atoms with van der Waals surface area (Å²) >= 11 is 7.56. The van der Waals surface area contributed by atoms with E-state index in [2.05, 4.69) is 27.3 Å². The molecule has 0 aliphatic carbocycles. The van der Waals surface area contributed by atoms with Crippen molar-refractivity contribution >= 4 is 34.9 Å². The lowest BCUT2D eigenvalue weighted by molar-refractivity contribution is -0.134. The molecule has 3 heterocycles. The van der Waals surface area contributed by atoms with Crippen LogP contribution in [0.4, 0.5) is 4.79 Å². The van der Waals surface area contributed by atoms with Crippen molar-refractivity contribution in [2.45, 2.75) is 51.6 Å². The van der Waals surface area contributed by atoms with Crippen LogP contribution in [0, 0.1) is 12.8 Å². The molecule has 8 heteroatoms. The number of nitrogens with zero attached hydrogens (tertiary/aromatic N) is 3. The van der Waals surface area contributed by atoms with Gasteiger partial charge < -0.3 is 5.32 Å². The van der Waals surface area contributed by atoms with E-state index in [-0.39, 0.29) is 17.9 Å². The molecule has 2 fully saturated rings. The highest BCUT2D eigenvalue weighted by Crippen LogP contribution is 2.36. The van der Waals surface area contributed by atoms with E-state index in [1.54, 1.807) is 11.3 Å². The average Bonchev–Trinajstić information content (AvgIpc) is 3.29. The number of carbonyl (C=O) groups excluding carboxylic acids is 2. The number of rotatable bonds is 7. The lowest BCUT2D eigenvalue weighted by Crippen LogP contribution is -2.55. The fraction of sp³-hybridized carbons (Fsp3) is 0.522. The smallest absolute Gasteiger partial charge is 0.323 e. The molecular weight excluding hydrogens is 432 g/mol. The van der Waals surface area contributed by atoms with Crippen LogP contribution in [0.25, 0.3) is 0 Å². The van der Waals surface area contributed by atoms with E-state index in [1.807, 2.05) is 31.5 Å². The van der Waals surface area contributed by atoms with Crippen LogP contribution >= 0.6 is 22.9 Å². The van der Waals surface area contributed by atoms with E-state index in [4.69, 9.17) is 11.6 Å². The summed E-state index contributed by atoms with van der Waals surface area (Å²) in [6, 6.07) is 7.71. The first-order valence-electron chi connectivity index (χ1n) is 10.9. The zero-order valence-corrected chi connectivity index (χ0v) is 19.6. The van der Waals surface area contributed by atoms with E-state index in [0.717, 1.165) is 48.1 Å². The maximum atomic E-state index is 13.4. The van der Waals surface area contributed by atoms with Crippen molar-refractivity contribution in [1.29, 1.82) is 0 Å². The number of halogens is 1. The number of nitrogens with one attached hydrogen (secondary N) is 1. The van der Waals surface area contributed by atoms with Gasteiger partial charge in [-0.25, -0.2) is 9.78 Å². The molecule has 2 aliphatic rings. The lowest BCUT2D eigenvalue weighted by Gasteiger charge is -2.40. The second-order valence-corrected chi connectivity index (χ2v) is 9.88. The zero-order valence-electron chi connectivity index (χ0n) is 18.1. The molecule has 4 rings (SSSR count). The summed E-state index contributed by atoms with van der Waals surface area (Å²) in [5, 5.41) is 3.84. The Balaban J connectivity index is 1.38. The number of benzene rings is 1. The topological polar surface area (TPSA) is 65.5 Å². The van der Waals surface area contributed by atoms with Crippen LogP contribution in [0.15, 0.2) is 29.8 Å². The first kappa shape index (κ1) is 22.2. The molecule has 1 atom stereocenters. The minimum absolute atomic E-state index is 0.0571. The van der Waals surface area contributed by atoms with Crippen molar-refractivity contribution in [3.05, 3.63) is 50.9 Å². The highest BCUT2D eigenvalue weighted by Gasteiger charge is 2.54. The summed E-state index contributed by atoms with van der Waals surface area (Å²) in [4.78, 5) is 35.4. The number of likely N-dealkylation sites (tertiary alicyclic amines) is 1. The van der Waals surface area contributed by atoms with E-state index in [0.29, 0.717) is 19.4 Å². The molecule has 2 aliphatic heterocycles. The van der Waals surface area contributed by atoms with Crippen molar-refractivity contribution in [2.24, 2.45) is 5.92 Å². The number of imide groups is 1. The van der Waals surface area contributed by atoms with Gasteiger partial charge in [0.15, 0.2) is 0 Å². The summed E-state index contributed by atoms with van der Waals surface area (Å²) in [5.41, 5.74) is 3.26. The fourth-order valence-corrected chi connectivity index (χ4v) is 5.76. The Morgan fingerprint density at radius 3 is 2.55 bits per heavy atom. The van der Waals surface area contributed by atoms with Crippen molar-refractivity contribution in [3.8, 4) is 0 Å². The van der Waals surface area contributed by atoms with Crippen molar-refractivity contribution in [1.82, 2.24) is 20.1 Å². The predicted molar refractivity (Wildman–Crippen MR) is 123 cm³/mol. The van der Waals surface area contributed by atoms with Gasteiger partial charge in [-0.15, -0.1) is 11.3 Å². The van der Waals surface area contributed by atoms with E-state index < -0.39 is 5.54 Å². The van der Waals surface area contributed by atoms with Crippen LogP contribution in [0.1, 0.15) is 42.3 Å². The monoisotopic (exact) mass is 460 g/mol. The highest BCUT2D eigenvalue weighted by molar-refractivity contribution is 7.09. The largest absolute Gasteiger partial charge is 0.325 e. The van der Waals surface area contributed by atoms with Gasteiger partial charge in [0.1, 0.15) is 5.54 Å². The van der Waals surface area contributed by atoms with Gasteiger partial charge >= 0.3 is 6.03 Å². The molecule has 1 aromatic heterocycles. The standard InChI is InChI=1S/C23H29ClN4O2S/c1-3-23(18-8-11-27(12-9-18)14-17-4-6-19(24)7-5-17)21(29)28(22(30)26-23)13-10-20-16(2)25-15-31-20/h4-7,15,18H,3,8-14H2,1-2H3,(H,26,30)/t23-/m0/s1. The SMILES string of the molecule is CC[C@@]1(C2CCN(Cc3ccc(Cl)cc3)CC2)NC(=O)N(CCc2scnc2C)C1=O. The number of hydrogen-bond donors (Lipinski definition) is 1. The summed E-state index contributed by atoms with van der Waals surface area (Å²) in [6.07, 6.45) is 3.08. The molecule has 0 saturated carbocycles. The van der Waals surface area contributed by atoms with E-state index in [1.165, 1.54) is 10.5 Å². The van der Waals surface area contributed by atoms with Gasteiger partial charge in [0.2, 0.25) is 0 Å². The number of amides is 3. The molecule has 31 heavy (non-hydrogen) atoms. The molecular formula is C23H29ClN4O2S. The Kier molecular flexibility index (Phi) is 6.65. The molecule has 1 N–H and O–H groups in total. The summed E-state index contributed by atoms with van der Waals surface area (Å²) < 4.78 is 0. The van der Waals surface area contributed by atoms with Crippen LogP contribution in [0.3, 0.4) is 0 Å². The number of piperidine rings is 1. The third-order valence-corrected chi connectivity index (χ3v) is 8.02. The number of carbonyl (C=O) groups is 2. The lowest BCUT2D eigenvalue weighted by atomic mass is 9.75. The first-order chi connectivity index (χ1) is 14.9. The first-order valence-corrected chi connectivity index (χ1v) is 12.2. The zero-order chi connectivity index (χ0) is 22.0. The minimum Gasteiger partial charge on any atom is -0.323 e. The molecule has 2 aromatic rings. The Labute approximate surface area is 192 Å². The Morgan fingerprint density at radius 1 is 1.23 bits per heavy atom. The maximum Gasteiger partial charge on any atom is 0.325 e. The van der Waals surface area contributed by atoms with Crippen LogP contribution in [-0.4, -0.2) is 51.9 Å². The van der Waals surface area contributed by atoms with Gasteiger partial charge in [-0.1, -0.05) is 30.7 Å². The van der Waals surface area contributed by atoms with Crippen molar-refractivity contribution < 1.29 is 9.59 Å². The van der Waals surface area contributed by atoms with E-state index in [9.17, 15) is 9.59 Å². The molecule has 1 aromatic carbocycles. The van der Waals surface area contributed by atoms with Gasteiger partial charge in [-0.3, -0.25) is 14.6 Å². The third kappa shape index (κ3) is 4.49. The second-order valence-electron chi connectivity index (χ2n) is 8.50. The highest BCUT2D eigenvalue weighted by atomic mass is 35.5. The molecule has 3 amide bonds. The molecule has 0 radical (unpaired) electrons. The molecule has 166 valence electrons. The van der Waals surface area contributed by atoms with Gasteiger partial charge in [-0.05, 0) is 62.9 Å². The second kappa shape index (κ2) is 9.27. The number of thiazole rings is 1. The van der Waals surface area contributed by atoms with Crippen LogP contribution in [0.2, 0.25) is 5.02 Å². The molecule has 2 saturated heterocycles. The van der Waals surface area contributed by atoms with Crippen molar-refractivity contribution in [2.75, 3.05) is 19.6 Å². The van der Waals surface area contributed by atoms with Gasteiger partial charge in [0.05, 0.1) is 11.2 Å². The maximum absolute atomic E-state index is 13.4. The molecule has 0 spiro atoms. The normalized spacial score (nSPS) is 22.9. The number of aromatic nitrogens is 1. The molecule has 0 bridgehead atoms. The Bertz CT molecular complexity index is 939. The van der Waals surface area contributed by atoms with Gasteiger partial charge in [0.25, 0.3) is 5.91 Å². The quantitative estimate of drug-likeness (QED) is 0.627. The fourth-order valence-electron chi connectivity index (χ4n) is 4.86. The Hall–Kier alpha value is -1.96. The van der Waals surface area contributed by atoms with Gasteiger partial charge in [-0.2, -0.15) is 0 Å². The number of aryl methyl sites for hydroxylation is 1. The van der Waals surface area contributed by atoms with Crippen LogP contribution in [0.5, 0.6) is 0 Å². The summed E-state index contributed by atoms with van der Waals surface area (Å²) in [6.45, 7) is 7.09. The molecule has 6 nitrogen and oxygen atoms in total. The number of urea groups is 1.